The summed E-state index contributed by atoms with van der Waals surface area (Å²) < 4.78 is 7.27. The van der Waals surface area contributed by atoms with E-state index in [-0.39, 0.29) is 23.7 Å². The van der Waals surface area contributed by atoms with Crippen LogP contribution in [0.1, 0.15) is 77.8 Å². The highest BCUT2D eigenvalue weighted by Crippen LogP contribution is 2.35. The Bertz CT molecular complexity index is 1540. The van der Waals surface area contributed by atoms with Crippen LogP contribution in [0.5, 0.6) is 0 Å². The number of rotatable bonds is 4. The molecule has 1 atom stereocenters. The van der Waals surface area contributed by atoms with Crippen molar-refractivity contribution in [2.45, 2.75) is 85.3 Å². The van der Waals surface area contributed by atoms with Crippen molar-refractivity contribution in [2.24, 2.45) is 0 Å². The lowest BCUT2D eigenvalue weighted by Crippen LogP contribution is -2.55. The van der Waals surface area contributed by atoms with E-state index in [4.69, 9.17) is 21.3 Å². The first-order valence-corrected chi connectivity index (χ1v) is 15.5. The van der Waals surface area contributed by atoms with Crippen LogP contribution in [0.4, 0.5) is 16.4 Å². The minimum Gasteiger partial charge on any atom is -0.444 e. The molecule has 2 aromatic heterocycles. The second-order valence-electron chi connectivity index (χ2n) is 13.0. The Hall–Kier alpha value is -3.33. The molecule has 5 rings (SSSR count). The van der Waals surface area contributed by atoms with Crippen LogP contribution in [-0.4, -0.2) is 69.9 Å². The minimum atomic E-state index is -0.570. The molecule has 0 bridgehead atoms. The Morgan fingerprint density at radius 1 is 1.02 bits per heavy atom. The number of pyridine rings is 1. The molecule has 2 aliphatic heterocycles. The van der Waals surface area contributed by atoms with Crippen LogP contribution in [-0.2, 0) is 4.74 Å². The van der Waals surface area contributed by atoms with Gasteiger partial charge in [-0.3, -0.25) is 0 Å². The number of carbonyl (C=O) groups is 1. The molecule has 9 nitrogen and oxygen atoms in total. The second kappa shape index (κ2) is 11.7. The number of aryl methyl sites for hydroxylation is 1. The van der Waals surface area contributed by atoms with E-state index in [0.717, 1.165) is 42.7 Å². The standard InChI is InChI=1S/C32H43ClN6O3/c1-20(2)23-17-21(3)11-12-26(23)39-28-24(18-25(33)29(34-28)36-13-9-8-10-14-36)27(35-30(39)40)38-16-15-37(19-22(38)4)31(41)42-32(5,6)7/h11-12,17-18,20,22H,8-10,13-16,19H2,1-7H3/t22-/m0/s1. The number of piperazine rings is 1. The van der Waals surface area contributed by atoms with Crippen molar-refractivity contribution in [1.29, 1.82) is 0 Å². The fourth-order valence-corrected chi connectivity index (χ4v) is 6.24. The summed E-state index contributed by atoms with van der Waals surface area (Å²) in [5.41, 5.74) is 2.56. The van der Waals surface area contributed by atoms with Gasteiger partial charge in [0, 0.05) is 38.8 Å². The summed E-state index contributed by atoms with van der Waals surface area (Å²) in [6, 6.07) is 7.95. The number of piperidine rings is 1. The third kappa shape index (κ3) is 6.07. The van der Waals surface area contributed by atoms with Crippen molar-refractivity contribution in [1.82, 2.24) is 19.4 Å². The molecule has 0 aliphatic carbocycles. The average molecular weight is 595 g/mol. The fraction of sp³-hybridized carbons (Fsp3) is 0.562. The Labute approximate surface area is 253 Å². The second-order valence-corrected chi connectivity index (χ2v) is 13.4. The molecule has 4 heterocycles. The highest BCUT2D eigenvalue weighted by molar-refractivity contribution is 6.33. The third-order valence-electron chi connectivity index (χ3n) is 8.04. The molecule has 10 heteroatoms. The lowest BCUT2D eigenvalue weighted by Gasteiger charge is -2.41. The summed E-state index contributed by atoms with van der Waals surface area (Å²) in [4.78, 5) is 42.7. The molecular formula is C32H43ClN6O3. The van der Waals surface area contributed by atoms with Crippen LogP contribution in [0.3, 0.4) is 0 Å². The molecule has 1 aromatic carbocycles. The van der Waals surface area contributed by atoms with Crippen molar-refractivity contribution in [2.75, 3.05) is 42.5 Å². The third-order valence-corrected chi connectivity index (χ3v) is 8.31. The van der Waals surface area contributed by atoms with Crippen LogP contribution >= 0.6 is 11.6 Å². The quantitative estimate of drug-likeness (QED) is 0.350. The van der Waals surface area contributed by atoms with E-state index in [9.17, 15) is 9.59 Å². The SMILES string of the molecule is Cc1ccc(-n2c(=O)nc(N3CCN(C(=O)OC(C)(C)C)C[C@@H]3C)c3cc(Cl)c(N4CCCCC4)nc32)c(C(C)C)c1. The smallest absolute Gasteiger partial charge is 0.410 e. The van der Waals surface area contributed by atoms with Crippen LogP contribution in [0.15, 0.2) is 29.1 Å². The van der Waals surface area contributed by atoms with Gasteiger partial charge in [-0.15, -0.1) is 0 Å². The Kier molecular flexibility index (Phi) is 8.43. The molecule has 0 unspecified atom stereocenters. The number of nitrogens with zero attached hydrogens (tertiary/aromatic N) is 6. The van der Waals surface area contributed by atoms with E-state index >= 15 is 0 Å². The first-order valence-electron chi connectivity index (χ1n) is 15.1. The molecule has 42 heavy (non-hydrogen) atoms. The topological polar surface area (TPSA) is 83.8 Å². The number of anilines is 2. The summed E-state index contributed by atoms with van der Waals surface area (Å²) >= 11 is 6.94. The summed E-state index contributed by atoms with van der Waals surface area (Å²) in [6.07, 6.45) is 3.02. The van der Waals surface area contributed by atoms with Gasteiger partial charge >= 0.3 is 11.8 Å². The predicted octanol–water partition coefficient (Wildman–Crippen LogP) is 6.30. The maximum Gasteiger partial charge on any atom is 0.410 e. The zero-order valence-corrected chi connectivity index (χ0v) is 26.7. The van der Waals surface area contributed by atoms with Crippen molar-refractivity contribution >= 4 is 40.4 Å². The van der Waals surface area contributed by atoms with Crippen LogP contribution in [0.2, 0.25) is 5.02 Å². The molecule has 0 spiro atoms. The Morgan fingerprint density at radius 3 is 2.38 bits per heavy atom. The monoisotopic (exact) mass is 594 g/mol. The van der Waals surface area contributed by atoms with Gasteiger partial charge in [-0.1, -0.05) is 43.1 Å². The Morgan fingerprint density at radius 2 is 1.74 bits per heavy atom. The number of hydrogen-bond donors (Lipinski definition) is 0. The molecule has 3 aromatic rings. The summed E-state index contributed by atoms with van der Waals surface area (Å²) in [6.45, 7) is 17.1. The number of aromatic nitrogens is 3. The highest BCUT2D eigenvalue weighted by atomic mass is 35.5. The van der Waals surface area contributed by atoms with E-state index < -0.39 is 5.60 Å². The fourth-order valence-electron chi connectivity index (χ4n) is 5.96. The molecule has 0 N–H and O–H groups in total. The first kappa shape index (κ1) is 30.1. The zero-order valence-electron chi connectivity index (χ0n) is 25.9. The summed E-state index contributed by atoms with van der Waals surface area (Å²) in [7, 11) is 0. The number of carbonyl (C=O) groups excluding carboxylic acids is 1. The van der Waals surface area contributed by atoms with Crippen molar-refractivity contribution in [3.8, 4) is 5.69 Å². The number of amides is 1. The Balaban J connectivity index is 1.65. The van der Waals surface area contributed by atoms with E-state index in [2.05, 4.69) is 41.6 Å². The number of hydrogen-bond acceptors (Lipinski definition) is 7. The van der Waals surface area contributed by atoms with Gasteiger partial charge in [-0.2, -0.15) is 4.98 Å². The zero-order chi connectivity index (χ0) is 30.3. The van der Waals surface area contributed by atoms with Crippen molar-refractivity contribution in [3.05, 3.63) is 50.9 Å². The van der Waals surface area contributed by atoms with Gasteiger partial charge in [-0.25, -0.2) is 19.1 Å². The van der Waals surface area contributed by atoms with E-state index in [1.807, 2.05) is 45.9 Å². The van der Waals surface area contributed by atoms with E-state index in [1.54, 1.807) is 9.47 Å². The molecule has 2 saturated heterocycles. The molecule has 2 aliphatic rings. The van der Waals surface area contributed by atoms with Gasteiger partial charge in [0.05, 0.1) is 16.1 Å². The highest BCUT2D eigenvalue weighted by Gasteiger charge is 2.33. The molecular weight excluding hydrogens is 552 g/mol. The van der Waals surface area contributed by atoms with Gasteiger partial charge in [0.25, 0.3) is 0 Å². The molecule has 2 fully saturated rings. The summed E-state index contributed by atoms with van der Waals surface area (Å²) in [5, 5.41) is 1.26. The predicted molar refractivity (Wildman–Crippen MR) is 170 cm³/mol. The van der Waals surface area contributed by atoms with Gasteiger partial charge in [0.1, 0.15) is 17.2 Å². The van der Waals surface area contributed by atoms with Gasteiger partial charge in [-0.05, 0) is 77.5 Å². The van der Waals surface area contributed by atoms with Gasteiger partial charge in [0.15, 0.2) is 5.65 Å². The maximum absolute atomic E-state index is 14.0. The molecule has 0 saturated carbocycles. The summed E-state index contributed by atoms with van der Waals surface area (Å²) in [5.74, 6) is 1.44. The largest absolute Gasteiger partial charge is 0.444 e. The van der Waals surface area contributed by atoms with Gasteiger partial charge in [0.2, 0.25) is 0 Å². The molecule has 226 valence electrons. The number of benzene rings is 1. The van der Waals surface area contributed by atoms with E-state index in [0.29, 0.717) is 47.3 Å². The minimum absolute atomic E-state index is 0.108. The number of fused-ring (bicyclic) bond motifs is 1. The lowest BCUT2D eigenvalue weighted by molar-refractivity contribution is 0.0218. The first-order chi connectivity index (χ1) is 19.8. The van der Waals surface area contributed by atoms with Crippen LogP contribution in [0, 0.1) is 6.92 Å². The average Bonchev–Trinajstić information content (AvgIpc) is 2.92. The normalized spacial score (nSPS) is 18.2. The maximum atomic E-state index is 14.0. The van der Waals surface area contributed by atoms with Crippen molar-refractivity contribution < 1.29 is 9.53 Å². The van der Waals surface area contributed by atoms with Crippen molar-refractivity contribution in [3.63, 3.8) is 0 Å². The number of ether oxygens (including phenoxy) is 1. The lowest BCUT2D eigenvalue weighted by atomic mass is 9.98. The van der Waals surface area contributed by atoms with Crippen LogP contribution in [0.25, 0.3) is 16.7 Å². The van der Waals surface area contributed by atoms with Crippen LogP contribution < -0.4 is 15.5 Å². The number of halogens is 1. The molecule has 0 radical (unpaired) electrons. The van der Waals surface area contributed by atoms with E-state index in [1.165, 1.54) is 6.42 Å². The molecule has 1 amide bonds. The van der Waals surface area contributed by atoms with Gasteiger partial charge < -0.3 is 19.4 Å².